The Labute approximate surface area is 187 Å². The van der Waals surface area contributed by atoms with Crippen LogP contribution >= 0.6 is 0 Å². The first kappa shape index (κ1) is 23.7. The maximum atomic E-state index is 12.8. The molecule has 1 saturated carbocycles. The predicted molar refractivity (Wildman–Crippen MR) is 124 cm³/mol. The molecule has 0 spiro atoms. The molecule has 32 heavy (non-hydrogen) atoms. The Kier molecular flexibility index (Phi) is 6.61. The Bertz CT molecular complexity index is 1170. The molecule has 0 atom stereocenters. The average Bonchev–Trinajstić information content (AvgIpc) is 2.66. The second-order valence-corrected chi connectivity index (χ2v) is 11.0. The van der Waals surface area contributed by atoms with E-state index in [9.17, 15) is 18.0 Å². The zero-order chi connectivity index (χ0) is 23.7. The maximum absolute atomic E-state index is 12.8. The summed E-state index contributed by atoms with van der Waals surface area (Å²) in [5.74, 6) is -0.914. The summed E-state index contributed by atoms with van der Waals surface area (Å²) >= 11 is 0. The molecule has 0 aliphatic heterocycles. The summed E-state index contributed by atoms with van der Waals surface area (Å²) in [6.45, 7) is 3.71. The highest BCUT2D eigenvalue weighted by molar-refractivity contribution is 7.92. The number of nitrogens with two attached hydrogens (primary N) is 1. The minimum atomic E-state index is -3.63. The van der Waals surface area contributed by atoms with Crippen LogP contribution in [0, 0.1) is 0 Å². The number of hydrogen-bond donors (Lipinski definition) is 4. The van der Waals surface area contributed by atoms with Gasteiger partial charge in [0.15, 0.2) is 15.7 Å². The van der Waals surface area contributed by atoms with Crippen molar-refractivity contribution >= 4 is 33.2 Å². The molecule has 0 radical (unpaired) electrons. The van der Waals surface area contributed by atoms with E-state index in [1.54, 1.807) is 32.0 Å². The first-order valence-electron chi connectivity index (χ1n) is 10.4. The van der Waals surface area contributed by atoms with Gasteiger partial charge in [0, 0.05) is 12.1 Å². The smallest absolute Gasteiger partial charge is 0.267 e. The number of sulfone groups is 1. The molecule has 1 amide bonds. The number of hydrogen-bond acceptors (Lipinski definition) is 8. The van der Waals surface area contributed by atoms with Crippen molar-refractivity contribution in [2.24, 2.45) is 5.73 Å². The molecule has 1 aromatic carbocycles. The number of amides is 1. The fourth-order valence-corrected chi connectivity index (χ4v) is 4.89. The lowest BCUT2D eigenvalue weighted by molar-refractivity contribution is 0.0737. The number of nitrogens with zero attached hydrogens (tertiary/aromatic N) is 2. The van der Waals surface area contributed by atoms with Crippen molar-refractivity contribution in [3.05, 3.63) is 40.2 Å². The summed E-state index contributed by atoms with van der Waals surface area (Å²) < 4.78 is 25.5. The Hall–Kier alpha value is -2.92. The van der Waals surface area contributed by atoms with Gasteiger partial charge in [-0.1, -0.05) is 12.1 Å². The van der Waals surface area contributed by atoms with Crippen LogP contribution in [0.3, 0.4) is 0 Å². The molecule has 10 nitrogen and oxygen atoms in total. The van der Waals surface area contributed by atoms with Gasteiger partial charge in [-0.2, -0.15) is 4.98 Å². The van der Waals surface area contributed by atoms with Gasteiger partial charge in [0.25, 0.3) is 11.5 Å². The number of aromatic amines is 1. The number of carbonyl (C=O) groups excluding carboxylic acids is 1. The first-order valence-corrected chi connectivity index (χ1v) is 12.0. The number of aromatic nitrogens is 2. The van der Waals surface area contributed by atoms with Gasteiger partial charge < -0.3 is 21.3 Å². The van der Waals surface area contributed by atoms with Crippen LogP contribution in [0.2, 0.25) is 0 Å². The van der Waals surface area contributed by atoms with Gasteiger partial charge in [0.05, 0.1) is 15.8 Å². The number of nitrogens with one attached hydrogen (secondary N) is 3. The minimum absolute atomic E-state index is 0.0353. The Morgan fingerprint density at radius 2 is 1.94 bits per heavy atom. The third-order valence-electron chi connectivity index (χ3n) is 6.05. The molecule has 1 aliphatic carbocycles. The molecule has 0 bridgehead atoms. The van der Waals surface area contributed by atoms with Gasteiger partial charge in [-0.25, -0.2) is 8.42 Å². The number of rotatable bonds is 9. The summed E-state index contributed by atoms with van der Waals surface area (Å²) in [7, 11) is 0.383. The Balaban J connectivity index is 2.00. The number of H-pyrrole nitrogens is 1. The summed E-state index contributed by atoms with van der Waals surface area (Å²) in [6, 6.07) is 6.26. The first-order chi connectivity index (χ1) is 15.0. The van der Waals surface area contributed by atoms with Crippen LogP contribution in [0.5, 0.6) is 0 Å². The van der Waals surface area contributed by atoms with Crippen molar-refractivity contribution in [2.75, 3.05) is 31.3 Å². The molecule has 1 aromatic heterocycles. The quantitative estimate of drug-likeness (QED) is 0.440. The number of benzene rings is 1. The van der Waals surface area contributed by atoms with Gasteiger partial charge >= 0.3 is 0 Å². The molecule has 11 heteroatoms. The van der Waals surface area contributed by atoms with E-state index in [0.717, 1.165) is 19.3 Å². The average molecular weight is 463 g/mol. The Morgan fingerprint density at radius 3 is 2.47 bits per heavy atom. The van der Waals surface area contributed by atoms with E-state index in [2.05, 4.69) is 25.5 Å². The standard InChI is InChI=1S/C21H30N6O4S/c1-13(2)32(30,31)15-9-6-5-8-14(15)24-18-16(17(22)28)19(29)26-20(25-18)23-12-21(27(3)4)10-7-11-21/h5-6,8-9,13H,7,10-12H2,1-4H3,(H2,22,28)(H3,23,24,25,26,29). The zero-order valence-electron chi connectivity index (χ0n) is 18.7. The molecule has 0 saturated heterocycles. The molecule has 0 unspecified atom stereocenters. The number of carbonyl (C=O) groups is 1. The lowest BCUT2D eigenvalue weighted by atomic mass is 9.75. The van der Waals surface area contributed by atoms with Crippen molar-refractivity contribution in [3.8, 4) is 0 Å². The largest absolute Gasteiger partial charge is 0.365 e. The highest BCUT2D eigenvalue weighted by atomic mass is 32.2. The SMILES string of the molecule is CC(C)S(=O)(=O)c1ccccc1Nc1nc(NCC2(N(C)C)CCC2)[nH]c(=O)c1C(N)=O. The van der Waals surface area contributed by atoms with Crippen LogP contribution in [0.1, 0.15) is 43.5 Å². The number of para-hydroxylation sites is 1. The highest BCUT2D eigenvalue weighted by Gasteiger charge is 2.39. The molecular formula is C21H30N6O4S. The Morgan fingerprint density at radius 1 is 1.28 bits per heavy atom. The van der Waals surface area contributed by atoms with Crippen molar-refractivity contribution in [1.29, 1.82) is 0 Å². The van der Waals surface area contributed by atoms with Gasteiger partial charge in [0.1, 0.15) is 5.56 Å². The number of likely N-dealkylation sites (N-methyl/N-ethyl adjacent to an activating group) is 1. The number of anilines is 3. The molecule has 1 fully saturated rings. The van der Waals surface area contributed by atoms with E-state index < -0.39 is 26.6 Å². The van der Waals surface area contributed by atoms with Crippen molar-refractivity contribution in [2.45, 2.75) is 48.8 Å². The van der Waals surface area contributed by atoms with Crippen molar-refractivity contribution in [3.63, 3.8) is 0 Å². The van der Waals surface area contributed by atoms with Crippen LogP contribution < -0.4 is 21.9 Å². The van der Waals surface area contributed by atoms with E-state index in [-0.39, 0.29) is 33.5 Å². The lowest BCUT2D eigenvalue weighted by Gasteiger charge is -2.47. The topological polar surface area (TPSA) is 150 Å². The lowest BCUT2D eigenvalue weighted by Crippen LogP contribution is -2.54. The molecule has 1 heterocycles. The summed E-state index contributed by atoms with van der Waals surface area (Å²) in [4.78, 5) is 33.7. The molecule has 1 aliphatic rings. The van der Waals surface area contributed by atoms with E-state index in [1.165, 1.54) is 6.07 Å². The predicted octanol–water partition coefficient (Wildman–Crippen LogP) is 1.69. The molecule has 2 aromatic rings. The number of primary amides is 1. The fourth-order valence-electron chi connectivity index (χ4n) is 3.69. The van der Waals surface area contributed by atoms with Crippen LogP contribution in [0.25, 0.3) is 0 Å². The third kappa shape index (κ3) is 4.49. The molecular weight excluding hydrogens is 432 g/mol. The van der Waals surface area contributed by atoms with Gasteiger partial charge in [-0.15, -0.1) is 0 Å². The highest BCUT2D eigenvalue weighted by Crippen LogP contribution is 2.36. The zero-order valence-corrected chi connectivity index (χ0v) is 19.5. The van der Waals surface area contributed by atoms with E-state index in [0.29, 0.717) is 6.54 Å². The van der Waals surface area contributed by atoms with Gasteiger partial charge in [0.2, 0.25) is 5.95 Å². The van der Waals surface area contributed by atoms with Crippen molar-refractivity contribution in [1.82, 2.24) is 14.9 Å². The molecule has 3 rings (SSSR count). The van der Waals surface area contributed by atoms with Crippen LogP contribution in [-0.4, -0.2) is 60.6 Å². The van der Waals surface area contributed by atoms with E-state index >= 15 is 0 Å². The van der Waals surface area contributed by atoms with E-state index in [4.69, 9.17) is 5.73 Å². The van der Waals surface area contributed by atoms with Crippen molar-refractivity contribution < 1.29 is 13.2 Å². The van der Waals surface area contributed by atoms with Gasteiger partial charge in [-0.05, 0) is 59.3 Å². The normalized spacial score (nSPS) is 15.4. The summed E-state index contributed by atoms with van der Waals surface area (Å²) in [5.41, 5.74) is 4.50. The monoisotopic (exact) mass is 462 g/mol. The maximum Gasteiger partial charge on any atom is 0.267 e. The van der Waals surface area contributed by atoms with Crippen LogP contribution in [0.15, 0.2) is 34.0 Å². The summed E-state index contributed by atoms with van der Waals surface area (Å²) in [5, 5.41) is 5.34. The van der Waals surface area contributed by atoms with Crippen LogP contribution in [0.4, 0.5) is 17.5 Å². The van der Waals surface area contributed by atoms with E-state index in [1.807, 2.05) is 14.1 Å². The third-order valence-corrected chi connectivity index (χ3v) is 8.26. The molecule has 5 N–H and O–H groups in total. The van der Waals surface area contributed by atoms with Crippen LogP contribution in [-0.2, 0) is 9.84 Å². The second kappa shape index (κ2) is 8.91. The van der Waals surface area contributed by atoms with Gasteiger partial charge in [-0.3, -0.25) is 14.6 Å². The molecule has 174 valence electrons. The summed E-state index contributed by atoms with van der Waals surface area (Å²) in [6.07, 6.45) is 3.16. The second-order valence-electron chi connectivity index (χ2n) is 8.54. The fraction of sp³-hybridized carbons (Fsp3) is 0.476. The minimum Gasteiger partial charge on any atom is -0.365 e.